The molecule has 1 aliphatic heterocycles. The summed E-state index contributed by atoms with van der Waals surface area (Å²) in [5, 5.41) is 6.62. The number of carbonyl (C=O) groups is 1. The Bertz CT molecular complexity index is 645. The first-order valence-electron chi connectivity index (χ1n) is 7.19. The van der Waals surface area contributed by atoms with E-state index < -0.39 is 15.4 Å². The van der Waals surface area contributed by atoms with Crippen LogP contribution in [0.4, 0.5) is 0 Å². The van der Waals surface area contributed by atoms with Crippen LogP contribution in [0.15, 0.2) is 24.3 Å². The summed E-state index contributed by atoms with van der Waals surface area (Å²) in [6, 6.07) is 7.42. The second kappa shape index (κ2) is 6.56. The number of nitrogens with one attached hydrogen (secondary N) is 2. The smallest absolute Gasteiger partial charge is 0.234 e. The summed E-state index contributed by atoms with van der Waals surface area (Å²) in [6.07, 6.45) is 0.466. The minimum atomic E-state index is -3.03. The lowest BCUT2D eigenvalue weighted by Gasteiger charge is -2.24. The van der Waals surface area contributed by atoms with Gasteiger partial charge in [-0.1, -0.05) is 23.7 Å². The first-order valence-corrected chi connectivity index (χ1v) is 9.39. The molecule has 1 aliphatic rings. The van der Waals surface area contributed by atoms with Gasteiger partial charge in [0.15, 0.2) is 9.84 Å². The van der Waals surface area contributed by atoms with Gasteiger partial charge in [-0.3, -0.25) is 4.79 Å². The maximum Gasteiger partial charge on any atom is 0.234 e. The summed E-state index contributed by atoms with van der Waals surface area (Å²) in [4.78, 5) is 12.0. The van der Waals surface area contributed by atoms with E-state index in [1.54, 1.807) is 19.1 Å². The van der Waals surface area contributed by atoms with E-state index in [1.807, 2.05) is 19.1 Å². The van der Waals surface area contributed by atoms with Gasteiger partial charge in [-0.05, 0) is 38.0 Å². The lowest BCUT2D eigenvalue weighted by molar-refractivity contribution is -0.121. The lowest BCUT2D eigenvalue weighted by Crippen LogP contribution is -2.49. The Balaban J connectivity index is 1.84. The van der Waals surface area contributed by atoms with Crippen molar-refractivity contribution < 1.29 is 13.2 Å². The molecule has 1 amide bonds. The van der Waals surface area contributed by atoms with E-state index in [0.29, 0.717) is 11.4 Å². The molecule has 0 saturated carbocycles. The number of hydrogen-bond acceptors (Lipinski definition) is 4. The fraction of sp³-hybridized carbons (Fsp3) is 0.533. The number of hydrogen-bond donors (Lipinski definition) is 2. The highest BCUT2D eigenvalue weighted by atomic mass is 35.5. The molecule has 0 unspecified atom stereocenters. The quantitative estimate of drug-likeness (QED) is 0.852. The summed E-state index contributed by atoms with van der Waals surface area (Å²) < 4.78 is 23.1. The molecule has 0 radical (unpaired) electrons. The molecule has 0 aliphatic carbocycles. The van der Waals surface area contributed by atoms with Gasteiger partial charge in [-0.25, -0.2) is 8.42 Å². The number of halogens is 1. The Morgan fingerprint density at radius 3 is 2.55 bits per heavy atom. The SMILES string of the molecule is C[C@@H](NCC(=O)N[C@]1(C)CCS(=O)(=O)C1)c1ccc(Cl)cc1. The van der Waals surface area contributed by atoms with Crippen molar-refractivity contribution in [3.8, 4) is 0 Å². The number of rotatable bonds is 5. The molecule has 2 rings (SSSR count). The molecule has 22 heavy (non-hydrogen) atoms. The standard InChI is InChI=1S/C15H21ClN2O3S/c1-11(12-3-5-13(16)6-4-12)17-9-14(19)18-15(2)7-8-22(20,21)10-15/h3-6,11,17H,7-10H2,1-2H3,(H,18,19)/t11-,15-/m1/s1. The zero-order valence-corrected chi connectivity index (χ0v) is 14.3. The highest BCUT2D eigenvalue weighted by Crippen LogP contribution is 2.22. The van der Waals surface area contributed by atoms with Crippen LogP contribution in [-0.2, 0) is 14.6 Å². The monoisotopic (exact) mass is 344 g/mol. The van der Waals surface area contributed by atoms with Crippen LogP contribution in [0.3, 0.4) is 0 Å². The maximum absolute atomic E-state index is 12.0. The van der Waals surface area contributed by atoms with E-state index in [0.717, 1.165) is 5.56 Å². The Kier molecular flexibility index (Phi) is 5.14. The number of amides is 1. The average molecular weight is 345 g/mol. The number of sulfone groups is 1. The molecule has 1 saturated heterocycles. The van der Waals surface area contributed by atoms with Crippen LogP contribution in [-0.4, -0.2) is 37.9 Å². The molecule has 1 aromatic carbocycles. The minimum absolute atomic E-state index is 0.00290. The second-order valence-electron chi connectivity index (χ2n) is 6.11. The van der Waals surface area contributed by atoms with Gasteiger partial charge in [-0.2, -0.15) is 0 Å². The van der Waals surface area contributed by atoms with Crippen LogP contribution in [0.1, 0.15) is 31.9 Å². The minimum Gasteiger partial charge on any atom is -0.349 e. The highest BCUT2D eigenvalue weighted by molar-refractivity contribution is 7.91. The molecule has 0 aromatic heterocycles. The van der Waals surface area contributed by atoms with Gasteiger partial charge >= 0.3 is 0 Å². The summed E-state index contributed by atoms with van der Waals surface area (Å²) in [5.41, 5.74) is 0.382. The Hall–Kier alpha value is -1.11. The van der Waals surface area contributed by atoms with E-state index in [4.69, 9.17) is 11.6 Å². The molecular weight excluding hydrogens is 324 g/mol. The van der Waals surface area contributed by atoms with Gasteiger partial charge in [0, 0.05) is 11.1 Å². The fourth-order valence-electron chi connectivity index (χ4n) is 2.60. The highest BCUT2D eigenvalue weighted by Gasteiger charge is 2.39. The zero-order valence-electron chi connectivity index (χ0n) is 12.7. The molecule has 1 aromatic rings. The van der Waals surface area contributed by atoms with Gasteiger partial charge < -0.3 is 10.6 Å². The van der Waals surface area contributed by atoms with E-state index in [-0.39, 0.29) is 30.0 Å². The molecule has 7 heteroatoms. The summed E-state index contributed by atoms with van der Waals surface area (Å²) >= 11 is 5.84. The topological polar surface area (TPSA) is 75.3 Å². The molecule has 0 bridgehead atoms. The third-order valence-corrected chi connectivity index (χ3v) is 6.04. The first kappa shape index (κ1) is 17.2. The molecule has 0 spiro atoms. The van der Waals surface area contributed by atoms with E-state index in [1.165, 1.54) is 0 Å². The second-order valence-corrected chi connectivity index (χ2v) is 8.73. The molecular formula is C15H21ClN2O3S. The largest absolute Gasteiger partial charge is 0.349 e. The van der Waals surface area contributed by atoms with Gasteiger partial charge in [-0.15, -0.1) is 0 Å². The van der Waals surface area contributed by atoms with Crippen LogP contribution in [0.2, 0.25) is 5.02 Å². The van der Waals surface area contributed by atoms with E-state index in [2.05, 4.69) is 10.6 Å². The lowest BCUT2D eigenvalue weighted by atomic mass is 10.0. The summed E-state index contributed by atoms with van der Waals surface area (Å²) in [5.74, 6) is -0.0444. The normalized spacial score (nSPS) is 24.9. The van der Waals surface area contributed by atoms with Crippen LogP contribution in [0.5, 0.6) is 0 Å². The predicted octanol–water partition coefficient (Wildman–Crippen LogP) is 1.68. The Labute approximate surface area is 136 Å². The van der Waals surface area contributed by atoms with Gasteiger partial charge in [0.25, 0.3) is 0 Å². The van der Waals surface area contributed by atoms with Crippen molar-refractivity contribution in [1.29, 1.82) is 0 Å². The van der Waals surface area contributed by atoms with Crippen molar-refractivity contribution in [2.45, 2.75) is 31.8 Å². The van der Waals surface area contributed by atoms with Crippen molar-refractivity contribution in [3.63, 3.8) is 0 Å². The number of carbonyl (C=O) groups excluding carboxylic acids is 1. The third kappa shape index (κ3) is 4.69. The van der Waals surface area contributed by atoms with E-state index >= 15 is 0 Å². The molecule has 1 fully saturated rings. The average Bonchev–Trinajstić information content (AvgIpc) is 2.70. The summed E-state index contributed by atoms with van der Waals surface area (Å²) in [6.45, 7) is 3.87. The van der Waals surface area contributed by atoms with Crippen molar-refractivity contribution in [2.75, 3.05) is 18.1 Å². The fourth-order valence-corrected chi connectivity index (χ4v) is 4.82. The van der Waals surface area contributed by atoms with E-state index in [9.17, 15) is 13.2 Å². The van der Waals surface area contributed by atoms with Gasteiger partial charge in [0.2, 0.25) is 5.91 Å². The summed E-state index contributed by atoms with van der Waals surface area (Å²) in [7, 11) is -3.03. The molecule has 122 valence electrons. The number of benzene rings is 1. The van der Waals surface area contributed by atoms with Crippen molar-refractivity contribution in [2.24, 2.45) is 0 Å². The third-order valence-electron chi connectivity index (χ3n) is 3.88. The van der Waals surface area contributed by atoms with Gasteiger partial charge in [0.1, 0.15) is 0 Å². The molecule has 2 N–H and O–H groups in total. The molecule has 1 heterocycles. The molecule has 5 nitrogen and oxygen atoms in total. The molecule has 2 atom stereocenters. The first-order chi connectivity index (χ1) is 10.2. The van der Waals surface area contributed by atoms with Gasteiger partial charge in [0.05, 0.1) is 23.6 Å². The Morgan fingerprint density at radius 2 is 2.00 bits per heavy atom. The zero-order chi connectivity index (χ0) is 16.4. The van der Waals surface area contributed by atoms with Crippen LogP contribution in [0.25, 0.3) is 0 Å². The van der Waals surface area contributed by atoms with Crippen molar-refractivity contribution in [3.05, 3.63) is 34.9 Å². The predicted molar refractivity (Wildman–Crippen MR) is 87.7 cm³/mol. The van der Waals surface area contributed by atoms with Crippen LogP contribution in [0, 0.1) is 0 Å². The van der Waals surface area contributed by atoms with Crippen LogP contribution < -0.4 is 10.6 Å². The van der Waals surface area contributed by atoms with Crippen molar-refractivity contribution in [1.82, 2.24) is 10.6 Å². The van der Waals surface area contributed by atoms with Crippen molar-refractivity contribution >= 4 is 27.3 Å². The Morgan fingerprint density at radius 1 is 1.36 bits per heavy atom. The van der Waals surface area contributed by atoms with Crippen LogP contribution >= 0.6 is 11.6 Å². The maximum atomic E-state index is 12.0.